The van der Waals surface area contributed by atoms with Gasteiger partial charge in [-0.25, -0.2) is 0 Å². The van der Waals surface area contributed by atoms with E-state index in [0.29, 0.717) is 0 Å². The molecule has 2 rings (SSSR count). The zero-order valence-electron chi connectivity index (χ0n) is 10.8. The van der Waals surface area contributed by atoms with Crippen LogP contribution in [0.4, 0.5) is 0 Å². The van der Waals surface area contributed by atoms with E-state index >= 15 is 0 Å². The smallest absolute Gasteiger partial charge is 0.264 e. The van der Waals surface area contributed by atoms with Crippen molar-refractivity contribution in [1.29, 1.82) is 0 Å². The Bertz CT molecular complexity index is 607. The van der Waals surface area contributed by atoms with E-state index < -0.39 is 10.4 Å². The standard InChI is InChI=1S/C14H16.H2O4S/c1-2-3-7-12-9-6-10-13-8-4-5-11-14(12)13;1-5(2,3)4/h4-6,8-11H,2-3,7H2,1H3;(H2,1,2,3,4). The first-order valence-electron chi connectivity index (χ1n) is 6.08. The third kappa shape index (κ3) is 6.33. The van der Waals surface area contributed by atoms with E-state index in [1.54, 1.807) is 0 Å². The fourth-order valence-corrected chi connectivity index (χ4v) is 1.88. The molecule has 4 nitrogen and oxygen atoms in total. The predicted octanol–water partition coefficient (Wildman–Crippen LogP) is 3.53. The average Bonchev–Trinajstić information content (AvgIpc) is 2.34. The number of benzene rings is 2. The number of unbranched alkanes of at least 4 members (excludes halogenated alkanes) is 1. The largest absolute Gasteiger partial charge is 0.394 e. The van der Waals surface area contributed by atoms with Crippen LogP contribution in [0.25, 0.3) is 10.8 Å². The number of rotatable bonds is 3. The van der Waals surface area contributed by atoms with Crippen molar-refractivity contribution in [3.05, 3.63) is 48.0 Å². The van der Waals surface area contributed by atoms with Gasteiger partial charge in [0.1, 0.15) is 0 Å². The van der Waals surface area contributed by atoms with Crippen LogP contribution < -0.4 is 0 Å². The van der Waals surface area contributed by atoms with Crippen LogP contribution in [-0.4, -0.2) is 17.5 Å². The minimum Gasteiger partial charge on any atom is -0.264 e. The molecule has 0 amide bonds. The van der Waals surface area contributed by atoms with Gasteiger partial charge < -0.3 is 0 Å². The Hall–Kier alpha value is -1.43. The van der Waals surface area contributed by atoms with Gasteiger partial charge in [0.05, 0.1) is 0 Å². The van der Waals surface area contributed by atoms with Crippen LogP contribution in [0.15, 0.2) is 42.5 Å². The monoisotopic (exact) mass is 282 g/mol. The van der Waals surface area contributed by atoms with Crippen LogP contribution >= 0.6 is 0 Å². The van der Waals surface area contributed by atoms with Gasteiger partial charge in [-0.05, 0) is 29.2 Å². The van der Waals surface area contributed by atoms with Gasteiger partial charge in [-0.15, -0.1) is 0 Å². The minimum absolute atomic E-state index is 1.21. The van der Waals surface area contributed by atoms with Gasteiger partial charge in [0.2, 0.25) is 0 Å². The Labute approximate surface area is 113 Å². The Kier molecular flexibility index (Phi) is 5.95. The molecule has 0 atom stereocenters. The second kappa shape index (κ2) is 7.23. The quantitative estimate of drug-likeness (QED) is 0.844. The van der Waals surface area contributed by atoms with Crippen molar-refractivity contribution >= 4 is 21.2 Å². The second-order valence-electron chi connectivity index (χ2n) is 4.19. The number of hydrogen-bond donors (Lipinski definition) is 2. The Morgan fingerprint density at radius 1 is 1.00 bits per heavy atom. The van der Waals surface area contributed by atoms with Gasteiger partial charge in [0.25, 0.3) is 0 Å². The fraction of sp³-hybridized carbons (Fsp3) is 0.286. The highest BCUT2D eigenvalue weighted by atomic mass is 32.3. The highest BCUT2D eigenvalue weighted by Gasteiger charge is 1.98. The predicted molar refractivity (Wildman–Crippen MR) is 76.7 cm³/mol. The van der Waals surface area contributed by atoms with Gasteiger partial charge >= 0.3 is 10.4 Å². The van der Waals surface area contributed by atoms with Crippen molar-refractivity contribution in [2.75, 3.05) is 0 Å². The van der Waals surface area contributed by atoms with Gasteiger partial charge in [0, 0.05) is 0 Å². The van der Waals surface area contributed by atoms with E-state index in [-0.39, 0.29) is 0 Å². The lowest BCUT2D eigenvalue weighted by Crippen LogP contribution is -1.89. The maximum absolute atomic E-state index is 8.74. The molecular weight excluding hydrogens is 264 g/mol. The van der Waals surface area contributed by atoms with E-state index in [0.717, 1.165) is 0 Å². The normalized spacial score (nSPS) is 10.9. The second-order valence-corrected chi connectivity index (χ2v) is 5.09. The summed E-state index contributed by atoms with van der Waals surface area (Å²) in [4.78, 5) is 0. The van der Waals surface area contributed by atoms with Crippen molar-refractivity contribution in [1.82, 2.24) is 0 Å². The third-order valence-electron chi connectivity index (χ3n) is 2.68. The molecule has 19 heavy (non-hydrogen) atoms. The van der Waals surface area contributed by atoms with Crippen molar-refractivity contribution in [3.63, 3.8) is 0 Å². The summed E-state index contributed by atoms with van der Waals surface area (Å²) in [7, 11) is -4.67. The van der Waals surface area contributed by atoms with E-state index in [2.05, 4.69) is 49.4 Å². The van der Waals surface area contributed by atoms with E-state index in [4.69, 9.17) is 17.5 Å². The van der Waals surface area contributed by atoms with Crippen LogP contribution in [0.1, 0.15) is 25.3 Å². The summed E-state index contributed by atoms with van der Waals surface area (Å²) in [6.45, 7) is 2.24. The van der Waals surface area contributed by atoms with Crippen LogP contribution in [0.3, 0.4) is 0 Å². The summed E-state index contributed by atoms with van der Waals surface area (Å²) in [6, 6.07) is 15.2. The van der Waals surface area contributed by atoms with Crippen LogP contribution in [-0.2, 0) is 16.8 Å². The number of hydrogen-bond acceptors (Lipinski definition) is 2. The molecule has 2 aromatic carbocycles. The first-order chi connectivity index (χ1) is 8.92. The van der Waals surface area contributed by atoms with Crippen molar-refractivity contribution in [2.45, 2.75) is 26.2 Å². The highest BCUT2D eigenvalue weighted by Crippen LogP contribution is 2.19. The molecule has 0 aliphatic heterocycles. The molecule has 0 bridgehead atoms. The Balaban J connectivity index is 0.000000312. The minimum atomic E-state index is -4.67. The summed E-state index contributed by atoms with van der Waals surface area (Å²) >= 11 is 0. The summed E-state index contributed by atoms with van der Waals surface area (Å²) in [6.07, 6.45) is 3.76. The average molecular weight is 282 g/mol. The lowest BCUT2D eigenvalue weighted by molar-refractivity contribution is 0.381. The van der Waals surface area contributed by atoms with Gasteiger partial charge in [-0.2, -0.15) is 8.42 Å². The molecule has 5 heteroatoms. The van der Waals surface area contributed by atoms with Crippen LogP contribution in [0.5, 0.6) is 0 Å². The maximum atomic E-state index is 8.74. The molecule has 104 valence electrons. The van der Waals surface area contributed by atoms with Crippen LogP contribution in [0, 0.1) is 0 Å². The first-order valence-corrected chi connectivity index (χ1v) is 7.48. The molecule has 0 aromatic heterocycles. The van der Waals surface area contributed by atoms with Gasteiger partial charge in [0.15, 0.2) is 0 Å². The summed E-state index contributed by atoms with van der Waals surface area (Å²) in [5, 5.41) is 2.78. The van der Waals surface area contributed by atoms with Crippen LogP contribution in [0.2, 0.25) is 0 Å². The van der Waals surface area contributed by atoms with Crippen molar-refractivity contribution < 1.29 is 17.5 Å². The topological polar surface area (TPSA) is 74.6 Å². The molecule has 0 fully saturated rings. The molecule has 0 radical (unpaired) electrons. The molecule has 0 unspecified atom stereocenters. The van der Waals surface area contributed by atoms with E-state index in [1.807, 2.05) is 0 Å². The molecule has 0 saturated carbocycles. The third-order valence-corrected chi connectivity index (χ3v) is 2.68. The lowest BCUT2D eigenvalue weighted by atomic mass is 10.0. The van der Waals surface area contributed by atoms with Gasteiger partial charge in [-0.1, -0.05) is 55.8 Å². The highest BCUT2D eigenvalue weighted by molar-refractivity contribution is 7.79. The van der Waals surface area contributed by atoms with E-state index in [1.165, 1.54) is 35.6 Å². The number of fused-ring (bicyclic) bond motifs is 1. The van der Waals surface area contributed by atoms with E-state index in [9.17, 15) is 0 Å². The van der Waals surface area contributed by atoms with Crippen molar-refractivity contribution in [2.24, 2.45) is 0 Å². The molecule has 2 aromatic rings. The molecule has 0 spiro atoms. The Morgan fingerprint density at radius 2 is 1.58 bits per heavy atom. The van der Waals surface area contributed by atoms with Gasteiger partial charge in [-0.3, -0.25) is 9.11 Å². The molecular formula is C14H18O4S. The molecule has 0 saturated heterocycles. The maximum Gasteiger partial charge on any atom is 0.394 e. The first kappa shape index (κ1) is 15.6. The molecule has 2 N–H and O–H groups in total. The zero-order valence-corrected chi connectivity index (χ0v) is 11.6. The SMILES string of the molecule is CCCCc1cccc2ccccc12.O=S(=O)(O)O. The summed E-state index contributed by atoms with van der Waals surface area (Å²) in [5.74, 6) is 0. The number of aryl methyl sites for hydroxylation is 1. The zero-order chi connectivity index (χ0) is 14.3. The fourth-order valence-electron chi connectivity index (χ4n) is 1.88. The molecule has 0 heterocycles. The molecule has 0 aliphatic carbocycles. The lowest BCUT2D eigenvalue weighted by Gasteiger charge is -2.04. The summed E-state index contributed by atoms with van der Waals surface area (Å²) in [5.41, 5.74) is 1.49. The Morgan fingerprint density at radius 3 is 2.21 bits per heavy atom. The molecule has 0 aliphatic rings. The van der Waals surface area contributed by atoms with Crippen molar-refractivity contribution in [3.8, 4) is 0 Å². The summed E-state index contributed by atoms with van der Waals surface area (Å²) < 4.78 is 31.6.